The molecule has 256 valence electrons. The molecule has 2 aromatic heterocycles. The highest BCUT2D eigenvalue weighted by atomic mass is 19.4. The van der Waals surface area contributed by atoms with Gasteiger partial charge in [-0.25, -0.2) is 14.5 Å². The molecule has 7 nitrogen and oxygen atoms in total. The van der Waals surface area contributed by atoms with E-state index in [1.54, 1.807) is 24.3 Å². The number of aromatic nitrogens is 3. The summed E-state index contributed by atoms with van der Waals surface area (Å²) in [5.41, 5.74) is -2.83. The van der Waals surface area contributed by atoms with Gasteiger partial charge in [0.1, 0.15) is 17.9 Å². The maximum absolute atomic E-state index is 14.1. The smallest absolute Gasteiger partial charge is 0.434 e. The fraction of sp³-hybridized carbons (Fsp3) is 0.344. The molecule has 5 rings (SSSR count). The van der Waals surface area contributed by atoms with Gasteiger partial charge in [-0.2, -0.15) is 44.6 Å². The van der Waals surface area contributed by atoms with Crippen molar-refractivity contribution in [1.29, 1.82) is 0 Å². The van der Waals surface area contributed by atoms with E-state index in [9.17, 15) is 49.4 Å². The lowest BCUT2D eigenvalue weighted by Gasteiger charge is -2.19. The number of hydrogen-bond donors (Lipinski definition) is 1. The fourth-order valence-corrected chi connectivity index (χ4v) is 5.61. The Morgan fingerprint density at radius 1 is 0.917 bits per heavy atom. The lowest BCUT2D eigenvalue weighted by Crippen LogP contribution is -2.23. The molecule has 16 heteroatoms. The number of para-hydroxylation sites is 1. The van der Waals surface area contributed by atoms with Gasteiger partial charge in [0.25, 0.3) is 0 Å². The Morgan fingerprint density at radius 3 is 2.27 bits per heavy atom. The average molecular weight is 687 g/mol. The Labute approximate surface area is 267 Å². The number of likely N-dealkylation sites (tertiary alicyclic amines) is 1. The summed E-state index contributed by atoms with van der Waals surface area (Å²) in [5, 5.41) is 12.7. The van der Waals surface area contributed by atoms with E-state index in [1.807, 2.05) is 4.90 Å². The van der Waals surface area contributed by atoms with Crippen LogP contribution in [0.2, 0.25) is 0 Å². The van der Waals surface area contributed by atoms with E-state index in [-0.39, 0.29) is 34.9 Å². The molecule has 1 N–H and O–H groups in total. The minimum atomic E-state index is -5.14. The second kappa shape index (κ2) is 13.5. The number of hydrogen-bond acceptors (Lipinski definition) is 5. The first-order valence-electron chi connectivity index (χ1n) is 14.6. The summed E-state index contributed by atoms with van der Waals surface area (Å²) in [4.78, 5) is 17.5. The molecule has 1 fully saturated rings. The number of carboxylic acids is 1. The van der Waals surface area contributed by atoms with Crippen LogP contribution in [0.15, 0.2) is 66.9 Å². The number of carbonyl (C=O) groups is 1. The van der Waals surface area contributed by atoms with E-state index >= 15 is 0 Å². The van der Waals surface area contributed by atoms with E-state index in [4.69, 9.17) is 4.74 Å². The molecule has 0 amide bonds. The van der Waals surface area contributed by atoms with Crippen molar-refractivity contribution in [3.63, 3.8) is 0 Å². The lowest BCUT2D eigenvalue weighted by atomic mass is 9.97. The summed E-state index contributed by atoms with van der Waals surface area (Å²) >= 11 is 0. The summed E-state index contributed by atoms with van der Waals surface area (Å²) in [5.74, 6) is -2.90. The van der Waals surface area contributed by atoms with E-state index in [0.717, 1.165) is 30.2 Å². The van der Waals surface area contributed by atoms with Gasteiger partial charge in [-0.1, -0.05) is 36.4 Å². The number of alkyl halides is 9. The molecule has 1 atom stereocenters. The number of benzene rings is 2. The van der Waals surface area contributed by atoms with E-state index < -0.39 is 59.3 Å². The van der Waals surface area contributed by atoms with Gasteiger partial charge in [0, 0.05) is 18.5 Å². The Bertz CT molecular complexity index is 1750. The average Bonchev–Trinajstić information content (AvgIpc) is 3.68. The van der Waals surface area contributed by atoms with Crippen molar-refractivity contribution in [2.75, 3.05) is 19.6 Å². The van der Waals surface area contributed by atoms with Gasteiger partial charge in [0.15, 0.2) is 11.5 Å². The van der Waals surface area contributed by atoms with Gasteiger partial charge < -0.3 is 14.7 Å². The summed E-state index contributed by atoms with van der Waals surface area (Å²) in [6, 6.07) is 13.7. The first-order chi connectivity index (χ1) is 22.5. The Hall–Kier alpha value is -4.60. The molecule has 0 bridgehead atoms. The zero-order valence-electron chi connectivity index (χ0n) is 24.8. The highest BCUT2D eigenvalue weighted by molar-refractivity contribution is 5.89. The minimum Gasteiger partial charge on any atom is -0.488 e. The number of halogens is 9. The van der Waals surface area contributed by atoms with Crippen LogP contribution < -0.4 is 4.74 Å². The van der Waals surface area contributed by atoms with Crippen LogP contribution in [0.3, 0.4) is 0 Å². The third kappa shape index (κ3) is 8.09. The third-order valence-corrected chi connectivity index (χ3v) is 7.86. The summed E-state index contributed by atoms with van der Waals surface area (Å²) in [6.45, 7) is 1.25. The van der Waals surface area contributed by atoms with Crippen LogP contribution in [-0.4, -0.2) is 56.6 Å². The Kier molecular flexibility index (Phi) is 9.76. The lowest BCUT2D eigenvalue weighted by molar-refractivity contribution is -0.143. The van der Waals surface area contributed by atoms with Gasteiger partial charge in [-0.15, -0.1) is 0 Å². The van der Waals surface area contributed by atoms with Gasteiger partial charge in [0.05, 0.1) is 17.5 Å². The standard InChI is InChI=1S/C32H27F9N4O3/c33-30(34,35)13-3-14-44-15-12-21(17-44)20-10-8-19(9-11-20)18-48-27-22(4-1-5-24(27)31(36,37)38)25-6-2-7-26(43-25)45-28(32(39,40)41)23(16-42-45)29(46)47/h1-2,4-11,16,21H,3,12-15,17-18H2,(H,46,47)/t21-/m0/s1. The number of nitrogens with zero attached hydrogens (tertiary/aromatic N) is 4. The van der Waals surface area contributed by atoms with Gasteiger partial charge in [-0.3, -0.25) is 0 Å². The zero-order valence-corrected chi connectivity index (χ0v) is 24.8. The van der Waals surface area contributed by atoms with Crippen molar-refractivity contribution < 1.29 is 54.2 Å². The number of aromatic carboxylic acids is 1. The normalized spacial score (nSPS) is 16.0. The summed E-state index contributed by atoms with van der Waals surface area (Å²) in [7, 11) is 0. The molecular formula is C32H27F9N4O3. The van der Waals surface area contributed by atoms with Crippen molar-refractivity contribution in [2.24, 2.45) is 0 Å². The molecule has 1 aliphatic rings. The number of carboxylic acid groups (broad SMARTS) is 1. The second-order valence-electron chi connectivity index (χ2n) is 11.2. The molecule has 3 heterocycles. The van der Waals surface area contributed by atoms with E-state index in [1.165, 1.54) is 18.2 Å². The minimum absolute atomic E-state index is 0.0111. The molecule has 0 spiro atoms. The molecule has 0 unspecified atom stereocenters. The number of rotatable bonds is 10. The molecular weight excluding hydrogens is 659 g/mol. The van der Waals surface area contributed by atoms with Crippen LogP contribution in [0.5, 0.6) is 5.75 Å². The molecule has 0 saturated carbocycles. The van der Waals surface area contributed by atoms with E-state index in [2.05, 4.69) is 10.1 Å². The first-order valence-corrected chi connectivity index (χ1v) is 14.6. The topological polar surface area (TPSA) is 80.5 Å². The summed E-state index contributed by atoms with van der Waals surface area (Å²) in [6.07, 6.45) is -13.8. The fourth-order valence-electron chi connectivity index (χ4n) is 5.61. The Morgan fingerprint density at radius 2 is 1.62 bits per heavy atom. The van der Waals surface area contributed by atoms with Gasteiger partial charge >= 0.3 is 24.5 Å². The highest BCUT2D eigenvalue weighted by Crippen LogP contribution is 2.42. The van der Waals surface area contributed by atoms with Crippen LogP contribution in [-0.2, 0) is 19.0 Å². The molecule has 1 aliphatic heterocycles. The molecule has 0 radical (unpaired) electrons. The van der Waals surface area contributed by atoms with Gasteiger partial charge in [-0.05, 0) is 67.2 Å². The molecule has 1 saturated heterocycles. The van der Waals surface area contributed by atoms with E-state index in [0.29, 0.717) is 31.4 Å². The first kappa shape index (κ1) is 34.7. The van der Waals surface area contributed by atoms with Crippen molar-refractivity contribution in [1.82, 2.24) is 19.7 Å². The zero-order chi connectivity index (χ0) is 34.9. The molecule has 0 aliphatic carbocycles. The van der Waals surface area contributed by atoms with Crippen molar-refractivity contribution in [2.45, 2.75) is 50.3 Å². The highest BCUT2D eigenvalue weighted by Gasteiger charge is 2.41. The molecule has 48 heavy (non-hydrogen) atoms. The Balaban J connectivity index is 1.37. The quantitative estimate of drug-likeness (QED) is 0.169. The SMILES string of the molecule is O=C(O)c1cnn(-c2cccc(-c3cccc(C(F)(F)F)c3OCc3ccc([C@H]4CCN(CCCC(F)(F)F)C4)cc3)n2)c1C(F)(F)F. The summed E-state index contributed by atoms with van der Waals surface area (Å²) < 4.78 is 127. The third-order valence-electron chi connectivity index (χ3n) is 7.86. The van der Waals surface area contributed by atoms with Crippen LogP contribution in [0.25, 0.3) is 17.1 Å². The number of pyridine rings is 1. The molecule has 2 aromatic carbocycles. The van der Waals surface area contributed by atoms with Gasteiger partial charge in [0.2, 0.25) is 0 Å². The predicted octanol–water partition coefficient (Wildman–Crippen LogP) is 8.38. The van der Waals surface area contributed by atoms with Crippen LogP contribution in [0.4, 0.5) is 39.5 Å². The maximum atomic E-state index is 14.1. The van der Waals surface area contributed by atoms with Crippen LogP contribution >= 0.6 is 0 Å². The molecule has 4 aromatic rings. The second-order valence-corrected chi connectivity index (χ2v) is 11.2. The monoisotopic (exact) mass is 686 g/mol. The van der Waals surface area contributed by atoms with Crippen LogP contribution in [0.1, 0.15) is 57.9 Å². The van der Waals surface area contributed by atoms with Crippen molar-refractivity contribution >= 4 is 5.97 Å². The van der Waals surface area contributed by atoms with Crippen LogP contribution in [0, 0.1) is 0 Å². The number of ether oxygens (including phenoxy) is 1. The predicted molar refractivity (Wildman–Crippen MR) is 154 cm³/mol. The van der Waals surface area contributed by atoms with Crippen molar-refractivity contribution in [3.05, 3.63) is 94.8 Å². The maximum Gasteiger partial charge on any atom is 0.434 e. The largest absolute Gasteiger partial charge is 0.488 e. The van der Waals surface area contributed by atoms with Crippen molar-refractivity contribution in [3.8, 4) is 22.8 Å².